The zero-order chi connectivity index (χ0) is 16.4. The molecule has 1 unspecified atom stereocenters. The fourth-order valence-electron chi connectivity index (χ4n) is 2.72. The summed E-state index contributed by atoms with van der Waals surface area (Å²) in [5.74, 6) is 0. The van der Waals surface area contributed by atoms with Crippen LogP contribution in [0.1, 0.15) is 25.5 Å². The van der Waals surface area contributed by atoms with Gasteiger partial charge in [-0.1, -0.05) is 49.4 Å². The molecule has 3 rings (SSSR count). The zero-order valence-electron chi connectivity index (χ0n) is 13.5. The molecule has 0 radical (unpaired) electrons. The van der Waals surface area contributed by atoms with Gasteiger partial charge in [0.1, 0.15) is 0 Å². The third-order valence-corrected chi connectivity index (χ3v) is 4.22. The van der Waals surface area contributed by atoms with Crippen molar-refractivity contribution in [2.45, 2.75) is 26.3 Å². The third-order valence-electron chi connectivity index (χ3n) is 4.22. The van der Waals surface area contributed by atoms with Crippen LogP contribution in [0.5, 0.6) is 0 Å². The van der Waals surface area contributed by atoms with Crippen molar-refractivity contribution in [1.29, 1.82) is 0 Å². The highest BCUT2D eigenvalue weighted by Crippen LogP contribution is 2.25. The van der Waals surface area contributed by atoms with E-state index in [4.69, 9.17) is 5.73 Å². The van der Waals surface area contributed by atoms with Gasteiger partial charge in [0, 0.05) is 17.5 Å². The second-order valence-electron chi connectivity index (χ2n) is 5.78. The van der Waals surface area contributed by atoms with E-state index in [1.165, 1.54) is 10.2 Å². The van der Waals surface area contributed by atoms with E-state index in [1.807, 2.05) is 31.2 Å². The Kier molecular flexibility index (Phi) is 4.26. The van der Waals surface area contributed by atoms with Gasteiger partial charge >= 0.3 is 0 Å². The van der Waals surface area contributed by atoms with E-state index in [-0.39, 0.29) is 11.6 Å². The Labute approximate surface area is 135 Å². The highest BCUT2D eigenvalue weighted by molar-refractivity contribution is 5.93. The lowest BCUT2D eigenvalue weighted by molar-refractivity contribution is 0.481. The first-order valence-electron chi connectivity index (χ1n) is 7.96. The van der Waals surface area contributed by atoms with Crippen LogP contribution in [0.2, 0.25) is 0 Å². The van der Waals surface area contributed by atoms with Crippen LogP contribution in [-0.4, -0.2) is 16.3 Å². The van der Waals surface area contributed by atoms with Crippen molar-refractivity contribution < 1.29 is 0 Å². The molecule has 23 heavy (non-hydrogen) atoms. The first-order valence-corrected chi connectivity index (χ1v) is 7.96. The lowest BCUT2D eigenvalue weighted by Gasteiger charge is -2.15. The zero-order valence-corrected chi connectivity index (χ0v) is 13.5. The quantitative estimate of drug-likeness (QED) is 0.805. The minimum Gasteiger partial charge on any atom is -0.328 e. The molecule has 1 heterocycles. The number of hydrogen-bond acceptors (Lipinski definition) is 3. The Balaban J connectivity index is 2.30. The maximum absolute atomic E-state index is 12.7. The van der Waals surface area contributed by atoms with Crippen LogP contribution >= 0.6 is 0 Å². The smallest absolute Gasteiger partial charge is 0.274 e. The number of nitrogens with zero attached hydrogens (tertiary/aromatic N) is 2. The standard InChI is InChI=1S/C19H21N3O/c1-3-14-8-10-15(11-9-14)18-16-6-4-5-7-17(16)19(23)22(21-18)13(2)12-20/h4-11,13H,3,12,20H2,1-2H3. The molecule has 4 heteroatoms. The van der Waals surface area contributed by atoms with Crippen LogP contribution in [0.15, 0.2) is 53.3 Å². The summed E-state index contributed by atoms with van der Waals surface area (Å²) in [5, 5.41) is 6.18. The monoisotopic (exact) mass is 307 g/mol. The molecule has 4 nitrogen and oxygen atoms in total. The molecule has 1 atom stereocenters. The summed E-state index contributed by atoms with van der Waals surface area (Å²) < 4.78 is 1.51. The Morgan fingerprint density at radius 2 is 1.74 bits per heavy atom. The van der Waals surface area contributed by atoms with Crippen molar-refractivity contribution in [3.8, 4) is 11.3 Å². The molecule has 0 saturated carbocycles. The van der Waals surface area contributed by atoms with Crippen LogP contribution in [0.4, 0.5) is 0 Å². The van der Waals surface area contributed by atoms with E-state index < -0.39 is 0 Å². The van der Waals surface area contributed by atoms with E-state index in [1.54, 1.807) is 0 Å². The average Bonchev–Trinajstić information content (AvgIpc) is 2.62. The molecule has 2 N–H and O–H groups in total. The van der Waals surface area contributed by atoms with Gasteiger partial charge in [0.15, 0.2) is 0 Å². The number of nitrogens with two attached hydrogens (primary N) is 1. The molecule has 0 bridgehead atoms. The molecule has 0 fully saturated rings. The number of aromatic nitrogens is 2. The van der Waals surface area contributed by atoms with Crippen LogP contribution in [0, 0.1) is 0 Å². The first kappa shape index (κ1) is 15.4. The van der Waals surface area contributed by atoms with Gasteiger partial charge in [0.25, 0.3) is 5.56 Å². The van der Waals surface area contributed by atoms with E-state index in [9.17, 15) is 4.79 Å². The van der Waals surface area contributed by atoms with Gasteiger partial charge in [-0.05, 0) is 25.0 Å². The highest BCUT2D eigenvalue weighted by atomic mass is 16.1. The Morgan fingerprint density at radius 1 is 1.09 bits per heavy atom. The summed E-state index contributed by atoms with van der Waals surface area (Å²) >= 11 is 0. The number of fused-ring (bicyclic) bond motifs is 1. The van der Waals surface area contributed by atoms with Crippen molar-refractivity contribution in [1.82, 2.24) is 9.78 Å². The lowest BCUT2D eigenvalue weighted by Crippen LogP contribution is -2.30. The molecule has 0 aliphatic carbocycles. The van der Waals surface area contributed by atoms with Crippen LogP contribution in [0.25, 0.3) is 22.0 Å². The Morgan fingerprint density at radius 3 is 2.35 bits per heavy atom. The molecule has 0 amide bonds. The average molecular weight is 307 g/mol. The molecular formula is C19H21N3O. The third kappa shape index (κ3) is 2.78. The molecule has 2 aromatic carbocycles. The molecule has 0 spiro atoms. The molecule has 0 saturated heterocycles. The van der Waals surface area contributed by atoms with Gasteiger partial charge in [-0.3, -0.25) is 4.79 Å². The molecule has 0 aliphatic heterocycles. The number of hydrogen-bond donors (Lipinski definition) is 1. The van der Waals surface area contributed by atoms with Crippen molar-refractivity contribution in [3.63, 3.8) is 0 Å². The van der Waals surface area contributed by atoms with Crippen LogP contribution in [-0.2, 0) is 6.42 Å². The van der Waals surface area contributed by atoms with Gasteiger partial charge < -0.3 is 5.73 Å². The maximum Gasteiger partial charge on any atom is 0.274 e. The highest BCUT2D eigenvalue weighted by Gasteiger charge is 2.14. The molecule has 0 aliphatic rings. The fraction of sp³-hybridized carbons (Fsp3) is 0.263. The van der Waals surface area contributed by atoms with E-state index in [0.717, 1.165) is 23.1 Å². The summed E-state index contributed by atoms with van der Waals surface area (Å²) in [6, 6.07) is 15.8. The summed E-state index contributed by atoms with van der Waals surface area (Å²) in [7, 11) is 0. The number of rotatable bonds is 4. The van der Waals surface area contributed by atoms with Gasteiger partial charge in [0.05, 0.1) is 17.1 Å². The Hall–Kier alpha value is -2.46. The molecule has 3 aromatic rings. The van der Waals surface area contributed by atoms with Gasteiger partial charge in [-0.15, -0.1) is 0 Å². The summed E-state index contributed by atoms with van der Waals surface area (Å²) in [4.78, 5) is 12.7. The van der Waals surface area contributed by atoms with E-state index >= 15 is 0 Å². The molecular weight excluding hydrogens is 286 g/mol. The van der Waals surface area contributed by atoms with E-state index in [2.05, 4.69) is 36.3 Å². The van der Waals surface area contributed by atoms with E-state index in [0.29, 0.717) is 11.9 Å². The summed E-state index contributed by atoms with van der Waals surface area (Å²) in [6.07, 6.45) is 0.998. The number of benzene rings is 2. The summed E-state index contributed by atoms with van der Waals surface area (Å²) in [5.41, 5.74) is 8.77. The predicted octanol–water partition coefficient (Wildman–Crippen LogP) is 3.15. The van der Waals surface area contributed by atoms with Gasteiger partial charge in [0.2, 0.25) is 0 Å². The van der Waals surface area contributed by atoms with Crippen molar-refractivity contribution in [3.05, 3.63) is 64.4 Å². The lowest BCUT2D eigenvalue weighted by atomic mass is 10.0. The van der Waals surface area contributed by atoms with Crippen molar-refractivity contribution in [2.75, 3.05) is 6.54 Å². The fourth-order valence-corrected chi connectivity index (χ4v) is 2.72. The topological polar surface area (TPSA) is 60.9 Å². The van der Waals surface area contributed by atoms with Gasteiger partial charge in [-0.2, -0.15) is 5.10 Å². The normalized spacial score (nSPS) is 12.5. The van der Waals surface area contributed by atoms with Crippen molar-refractivity contribution in [2.24, 2.45) is 5.73 Å². The molecule has 118 valence electrons. The van der Waals surface area contributed by atoms with Crippen LogP contribution < -0.4 is 11.3 Å². The minimum atomic E-state index is -0.138. The SMILES string of the molecule is CCc1ccc(-c2nn(C(C)CN)c(=O)c3ccccc23)cc1. The minimum absolute atomic E-state index is 0.0903. The summed E-state index contributed by atoms with van der Waals surface area (Å²) in [6.45, 7) is 4.42. The Bertz CT molecular complexity index is 881. The maximum atomic E-state index is 12.7. The molecule has 1 aromatic heterocycles. The second-order valence-corrected chi connectivity index (χ2v) is 5.78. The largest absolute Gasteiger partial charge is 0.328 e. The van der Waals surface area contributed by atoms with Gasteiger partial charge in [-0.25, -0.2) is 4.68 Å². The first-order chi connectivity index (χ1) is 11.2. The number of aryl methyl sites for hydroxylation is 1. The predicted molar refractivity (Wildman–Crippen MR) is 94.6 cm³/mol. The van der Waals surface area contributed by atoms with Crippen LogP contribution in [0.3, 0.4) is 0 Å². The van der Waals surface area contributed by atoms with Crippen molar-refractivity contribution >= 4 is 10.8 Å². The second kappa shape index (κ2) is 6.34.